The van der Waals surface area contributed by atoms with Gasteiger partial charge in [-0.3, -0.25) is 5.10 Å². The third-order valence-electron chi connectivity index (χ3n) is 3.80. The molecule has 8 heteroatoms. The van der Waals surface area contributed by atoms with Crippen LogP contribution in [0.1, 0.15) is 16.7 Å². The zero-order valence-corrected chi connectivity index (χ0v) is 15.8. The molecule has 0 aliphatic carbocycles. The van der Waals surface area contributed by atoms with Crippen LogP contribution in [0, 0.1) is 13.8 Å². The lowest BCUT2D eigenvalue weighted by atomic mass is 10.1. The zero-order valence-electron chi connectivity index (χ0n) is 14.2. The molecular weight excluding hydrogens is 372 g/mol. The molecule has 0 fully saturated rings. The molecule has 1 aromatic heterocycles. The average molecular weight is 389 g/mol. The second kappa shape index (κ2) is 7.31. The summed E-state index contributed by atoms with van der Waals surface area (Å²) in [6.45, 7) is 3.66. The first-order chi connectivity index (χ1) is 12.4. The minimum Gasteiger partial charge on any atom is -0.277 e. The highest BCUT2D eigenvalue weighted by molar-refractivity contribution is 7.89. The van der Waals surface area contributed by atoms with Crippen molar-refractivity contribution in [2.45, 2.75) is 18.7 Å². The van der Waals surface area contributed by atoms with Crippen LogP contribution in [0.4, 0.5) is 0 Å². The Kier molecular flexibility index (Phi) is 5.11. The van der Waals surface area contributed by atoms with E-state index in [0.29, 0.717) is 16.1 Å². The van der Waals surface area contributed by atoms with Gasteiger partial charge in [0, 0.05) is 16.1 Å². The predicted octanol–water partition coefficient (Wildman–Crippen LogP) is 3.66. The number of halogens is 1. The van der Waals surface area contributed by atoms with Crippen LogP contribution in [0.25, 0.3) is 11.3 Å². The van der Waals surface area contributed by atoms with Crippen molar-refractivity contribution in [3.8, 4) is 11.3 Å². The smallest absolute Gasteiger partial charge is 0.276 e. The van der Waals surface area contributed by atoms with E-state index in [0.717, 1.165) is 16.8 Å². The lowest BCUT2D eigenvalue weighted by Crippen LogP contribution is -2.19. The van der Waals surface area contributed by atoms with Crippen molar-refractivity contribution in [1.29, 1.82) is 0 Å². The number of aromatic nitrogens is 2. The maximum absolute atomic E-state index is 12.4. The molecule has 6 nitrogen and oxygen atoms in total. The summed E-state index contributed by atoms with van der Waals surface area (Å²) < 4.78 is 24.8. The topological polar surface area (TPSA) is 87.2 Å². The number of hydrogen-bond donors (Lipinski definition) is 2. The number of rotatable bonds is 5. The Balaban J connectivity index is 1.81. The lowest BCUT2D eigenvalue weighted by Gasteiger charge is -2.07. The second-order valence-electron chi connectivity index (χ2n) is 5.83. The fourth-order valence-electron chi connectivity index (χ4n) is 2.56. The van der Waals surface area contributed by atoms with E-state index in [4.69, 9.17) is 11.6 Å². The quantitative estimate of drug-likeness (QED) is 0.516. The normalized spacial score (nSPS) is 11.8. The molecule has 2 N–H and O–H groups in total. The van der Waals surface area contributed by atoms with E-state index in [2.05, 4.69) is 20.1 Å². The second-order valence-corrected chi connectivity index (χ2v) is 7.89. The number of benzene rings is 2. The summed E-state index contributed by atoms with van der Waals surface area (Å²) >= 11 is 5.90. The van der Waals surface area contributed by atoms with Crippen LogP contribution in [-0.2, 0) is 10.0 Å². The summed E-state index contributed by atoms with van der Waals surface area (Å²) in [5, 5.41) is 11.4. The van der Waals surface area contributed by atoms with E-state index >= 15 is 0 Å². The van der Waals surface area contributed by atoms with Gasteiger partial charge in [-0.25, -0.2) is 4.83 Å². The standard InChI is InChI=1S/C18H17ClN4O2S/c1-12-3-8-17(13(2)9-12)26(24,25)23-21-11-15-10-20-22-18(15)14-4-6-16(19)7-5-14/h3-11,23H,1-2H3,(H,20,22)/b21-11-. The molecular formula is C18H17ClN4O2S. The van der Waals surface area contributed by atoms with Gasteiger partial charge in [-0.15, -0.1) is 0 Å². The van der Waals surface area contributed by atoms with Crippen LogP contribution in [-0.4, -0.2) is 24.8 Å². The number of hydrogen-bond acceptors (Lipinski definition) is 4. The zero-order chi connectivity index (χ0) is 18.7. The Bertz CT molecular complexity index is 1060. The molecule has 2 aromatic carbocycles. The maximum Gasteiger partial charge on any atom is 0.276 e. The highest BCUT2D eigenvalue weighted by Crippen LogP contribution is 2.22. The van der Waals surface area contributed by atoms with Gasteiger partial charge in [0.05, 0.1) is 23.0 Å². The molecule has 0 saturated carbocycles. The molecule has 0 bridgehead atoms. The molecule has 0 radical (unpaired) electrons. The van der Waals surface area contributed by atoms with E-state index in [1.54, 1.807) is 37.4 Å². The number of aromatic amines is 1. The van der Waals surface area contributed by atoms with Crippen molar-refractivity contribution >= 4 is 27.8 Å². The maximum atomic E-state index is 12.4. The summed E-state index contributed by atoms with van der Waals surface area (Å²) in [4.78, 5) is 2.44. The molecule has 0 saturated heterocycles. The molecule has 134 valence electrons. The molecule has 0 amide bonds. The molecule has 0 atom stereocenters. The van der Waals surface area contributed by atoms with Crippen molar-refractivity contribution in [2.75, 3.05) is 0 Å². The average Bonchev–Trinajstić information content (AvgIpc) is 3.03. The molecule has 0 aliphatic heterocycles. The first-order valence-corrected chi connectivity index (χ1v) is 9.64. The number of nitrogens with one attached hydrogen (secondary N) is 2. The van der Waals surface area contributed by atoms with Crippen LogP contribution < -0.4 is 4.83 Å². The van der Waals surface area contributed by atoms with E-state index < -0.39 is 10.0 Å². The molecule has 26 heavy (non-hydrogen) atoms. The van der Waals surface area contributed by atoms with E-state index in [9.17, 15) is 8.42 Å². The van der Waals surface area contributed by atoms with E-state index in [1.165, 1.54) is 6.21 Å². The van der Waals surface area contributed by atoms with Gasteiger partial charge in [-0.2, -0.15) is 18.6 Å². The third-order valence-corrected chi connectivity index (χ3v) is 5.43. The van der Waals surface area contributed by atoms with Crippen LogP contribution in [0.2, 0.25) is 5.02 Å². The van der Waals surface area contributed by atoms with Crippen LogP contribution >= 0.6 is 11.6 Å². The summed E-state index contributed by atoms with van der Waals surface area (Å²) in [6, 6.07) is 12.3. The Morgan fingerprint density at radius 2 is 1.88 bits per heavy atom. The molecule has 0 unspecified atom stereocenters. The number of nitrogens with zero attached hydrogens (tertiary/aromatic N) is 2. The Labute approximate surface area is 157 Å². The Morgan fingerprint density at radius 1 is 1.15 bits per heavy atom. The van der Waals surface area contributed by atoms with Crippen LogP contribution in [0.15, 0.2) is 58.7 Å². The van der Waals surface area contributed by atoms with Gasteiger partial charge in [0.2, 0.25) is 0 Å². The fourth-order valence-corrected chi connectivity index (χ4v) is 3.70. The number of aryl methyl sites for hydroxylation is 2. The van der Waals surface area contributed by atoms with Gasteiger partial charge in [0.15, 0.2) is 0 Å². The van der Waals surface area contributed by atoms with Crippen molar-refractivity contribution in [3.05, 3.63) is 70.4 Å². The Morgan fingerprint density at radius 3 is 2.58 bits per heavy atom. The van der Waals surface area contributed by atoms with Gasteiger partial charge in [-0.1, -0.05) is 41.4 Å². The Hall–Kier alpha value is -2.64. The van der Waals surface area contributed by atoms with Crippen molar-refractivity contribution < 1.29 is 8.42 Å². The van der Waals surface area contributed by atoms with E-state index in [1.807, 2.05) is 25.1 Å². The van der Waals surface area contributed by atoms with Gasteiger partial charge >= 0.3 is 0 Å². The lowest BCUT2D eigenvalue weighted by molar-refractivity contribution is 0.584. The first kappa shape index (κ1) is 18.2. The third kappa shape index (κ3) is 3.95. The minimum atomic E-state index is -3.74. The van der Waals surface area contributed by atoms with Crippen LogP contribution in [0.3, 0.4) is 0 Å². The SMILES string of the molecule is Cc1ccc(S(=O)(=O)N/N=C\c2cn[nH]c2-c2ccc(Cl)cc2)c(C)c1. The number of H-pyrrole nitrogens is 1. The number of sulfonamides is 1. The van der Waals surface area contributed by atoms with Crippen molar-refractivity contribution in [3.63, 3.8) is 0 Å². The minimum absolute atomic E-state index is 0.199. The monoisotopic (exact) mass is 388 g/mol. The molecule has 1 heterocycles. The van der Waals surface area contributed by atoms with Crippen molar-refractivity contribution in [1.82, 2.24) is 15.0 Å². The van der Waals surface area contributed by atoms with Gasteiger partial charge in [0.25, 0.3) is 10.0 Å². The molecule has 3 aromatic rings. The van der Waals surface area contributed by atoms with Crippen LogP contribution in [0.5, 0.6) is 0 Å². The largest absolute Gasteiger partial charge is 0.277 e. The van der Waals surface area contributed by atoms with E-state index in [-0.39, 0.29) is 4.90 Å². The molecule has 0 aliphatic rings. The summed E-state index contributed by atoms with van der Waals surface area (Å²) in [7, 11) is -3.74. The van der Waals surface area contributed by atoms with Crippen molar-refractivity contribution in [2.24, 2.45) is 5.10 Å². The highest BCUT2D eigenvalue weighted by atomic mass is 35.5. The summed E-state index contributed by atoms with van der Waals surface area (Å²) in [5.41, 5.74) is 3.89. The molecule has 0 spiro atoms. The summed E-state index contributed by atoms with van der Waals surface area (Å²) in [5.74, 6) is 0. The molecule has 3 rings (SSSR count). The first-order valence-electron chi connectivity index (χ1n) is 7.78. The highest BCUT2D eigenvalue weighted by Gasteiger charge is 2.15. The van der Waals surface area contributed by atoms with Gasteiger partial charge in [0.1, 0.15) is 0 Å². The van der Waals surface area contributed by atoms with Gasteiger partial charge < -0.3 is 0 Å². The van der Waals surface area contributed by atoms with Gasteiger partial charge in [-0.05, 0) is 37.6 Å². The fraction of sp³-hybridized carbons (Fsp3) is 0.111. The number of hydrazone groups is 1. The summed E-state index contributed by atoms with van der Waals surface area (Å²) in [6.07, 6.45) is 2.98. The predicted molar refractivity (Wildman–Crippen MR) is 103 cm³/mol.